The van der Waals surface area contributed by atoms with Crippen LogP contribution in [0.2, 0.25) is 0 Å². The van der Waals surface area contributed by atoms with Crippen LogP contribution in [0.25, 0.3) is 0 Å². The van der Waals surface area contributed by atoms with Gasteiger partial charge in [-0.1, -0.05) is 5.16 Å². The fraction of sp³-hybridized carbons (Fsp3) is 0.333. The molecular weight excluding hydrogens is 341 g/mol. The zero-order valence-corrected chi connectivity index (χ0v) is 14.5. The van der Waals surface area contributed by atoms with Gasteiger partial charge in [-0.05, 0) is 44.5 Å². The van der Waals surface area contributed by atoms with E-state index in [9.17, 15) is 18.8 Å². The number of rotatable bonds is 8. The number of carbonyl (C=O) groups is 3. The highest BCUT2D eigenvalue weighted by atomic mass is 19.1. The number of aromatic nitrogens is 1. The number of hydrogen-bond donors (Lipinski definition) is 2. The van der Waals surface area contributed by atoms with Gasteiger partial charge in [0.2, 0.25) is 11.8 Å². The van der Waals surface area contributed by atoms with Crippen molar-refractivity contribution in [3.63, 3.8) is 0 Å². The molecule has 2 N–H and O–H groups in total. The van der Waals surface area contributed by atoms with Crippen LogP contribution < -0.4 is 10.6 Å². The molecule has 7 nitrogen and oxygen atoms in total. The van der Waals surface area contributed by atoms with Gasteiger partial charge in [-0.3, -0.25) is 14.4 Å². The number of halogens is 1. The predicted molar refractivity (Wildman–Crippen MR) is 92.1 cm³/mol. The van der Waals surface area contributed by atoms with Gasteiger partial charge in [-0.2, -0.15) is 0 Å². The van der Waals surface area contributed by atoms with Crippen molar-refractivity contribution >= 4 is 23.4 Å². The second-order valence-corrected chi connectivity index (χ2v) is 5.88. The standard InChI is InChI=1S/C18H20FN3O4/c1-11-10-16(22-26-11)21-18(25)12(2)20-17(24)5-3-4-15(23)13-6-8-14(19)9-7-13/h6-10,12H,3-5H2,1-2H3,(H,20,24)(H,21,22,25)/t12-/m1/s1. The number of carbonyl (C=O) groups excluding carboxylic acids is 3. The average molecular weight is 361 g/mol. The van der Waals surface area contributed by atoms with Crippen LogP contribution in [0.1, 0.15) is 42.3 Å². The number of benzene rings is 1. The van der Waals surface area contributed by atoms with Crippen molar-refractivity contribution in [3.05, 3.63) is 47.5 Å². The number of hydrogen-bond acceptors (Lipinski definition) is 5. The van der Waals surface area contributed by atoms with E-state index in [1.165, 1.54) is 24.3 Å². The van der Waals surface area contributed by atoms with Crippen LogP contribution in [-0.4, -0.2) is 28.8 Å². The lowest BCUT2D eigenvalue weighted by Crippen LogP contribution is -2.41. The van der Waals surface area contributed by atoms with E-state index in [0.717, 1.165) is 0 Å². The Morgan fingerprint density at radius 2 is 1.88 bits per heavy atom. The predicted octanol–water partition coefficient (Wildman–Crippen LogP) is 2.62. The summed E-state index contributed by atoms with van der Waals surface area (Å²) in [5.41, 5.74) is 0.405. The van der Waals surface area contributed by atoms with Crippen molar-refractivity contribution in [2.75, 3.05) is 5.32 Å². The van der Waals surface area contributed by atoms with Crippen molar-refractivity contribution < 1.29 is 23.3 Å². The lowest BCUT2D eigenvalue weighted by Gasteiger charge is -2.12. The molecule has 0 unspecified atom stereocenters. The quantitative estimate of drug-likeness (QED) is 0.704. The Hall–Kier alpha value is -3.03. The largest absolute Gasteiger partial charge is 0.360 e. The van der Waals surface area contributed by atoms with Crippen LogP contribution in [0.15, 0.2) is 34.9 Å². The van der Waals surface area contributed by atoms with Gasteiger partial charge >= 0.3 is 0 Å². The molecule has 0 radical (unpaired) electrons. The van der Waals surface area contributed by atoms with Crippen molar-refractivity contribution in [3.8, 4) is 0 Å². The highest BCUT2D eigenvalue weighted by Gasteiger charge is 2.17. The molecule has 0 saturated heterocycles. The number of nitrogens with one attached hydrogen (secondary N) is 2. The summed E-state index contributed by atoms with van der Waals surface area (Å²) in [5, 5.41) is 8.72. The lowest BCUT2D eigenvalue weighted by atomic mass is 10.1. The summed E-state index contributed by atoms with van der Waals surface area (Å²) in [5.74, 6) is -0.495. The summed E-state index contributed by atoms with van der Waals surface area (Å²) in [6.07, 6.45) is 0.602. The number of amides is 2. The van der Waals surface area contributed by atoms with Gasteiger partial charge in [-0.25, -0.2) is 4.39 Å². The van der Waals surface area contributed by atoms with Gasteiger partial charge in [-0.15, -0.1) is 0 Å². The van der Waals surface area contributed by atoms with Crippen molar-refractivity contribution in [2.45, 2.75) is 39.2 Å². The molecule has 26 heavy (non-hydrogen) atoms. The van der Waals surface area contributed by atoms with E-state index in [2.05, 4.69) is 15.8 Å². The van der Waals surface area contributed by atoms with Gasteiger partial charge in [0.05, 0.1) is 0 Å². The van der Waals surface area contributed by atoms with Crippen molar-refractivity contribution in [1.82, 2.24) is 10.5 Å². The number of nitrogens with zero attached hydrogens (tertiary/aromatic N) is 1. The zero-order valence-electron chi connectivity index (χ0n) is 14.5. The molecule has 2 aromatic rings. The summed E-state index contributed by atoms with van der Waals surface area (Å²) in [4.78, 5) is 35.8. The molecule has 2 rings (SSSR count). The molecule has 1 heterocycles. The molecule has 0 bridgehead atoms. The molecule has 0 aliphatic heterocycles. The van der Waals surface area contributed by atoms with E-state index in [1.54, 1.807) is 19.9 Å². The van der Waals surface area contributed by atoms with Gasteiger partial charge in [0.15, 0.2) is 11.6 Å². The molecule has 2 amide bonds. The molecule has 8 heteroatoms. The molecule has 1 atom stereocenters. The molecule has 1 aromatic heterocycles. The van der Waals surface area contributed by atoms with Crippen molar-refractivity contribution in [1.29, 1.82) is 0 Å². The van der Waals surface area contributed by atoms with Crippen LogP contribution in [0.3, 0.4) is 0 Å². The third kappa shape index (κ3) is 5.80. The van der Waals surface area contributed by atoms with Crippen LogP contribution in [0.5, 0.6) is 0 Å². The first-order valence-corrected chi connectivity index (χ1v) is 8.17. The Bertz CT molecular complexity index is 786. The monoisotopic (exact) mass is 361 g/mol. The summed E-state index contributed by atoms with van der Waals surface area (Å²) in [7, 11) is 0. The minimum atomic E-state index is -0.757. The number of ketones is 1. The molecular formula is C18H20FN3O4. The van der Waals surface area contributed by atoms with Crippen LogP contribution >= 0.6 is 0 Å². The first-order valence-electron chi connectivity index (χ1n) is 8.17. The molecule has 0 aliphatic rings. The van der Waals surface area contributed by atoms with E-state index in [4.69, 9.17) is 4.52 Å². The average Bonchev–Trinajstić information content (AvgIpc) is 3.00. The molecule has 1 aromatic carbocycles. The van der Waals surface area contributed by atoms with Crippen LogP contribution in [-0.2, 0) is 9.59 Å². The van der Waals surface area contributed by atoms with Crippen molar-refractivity contribution in [2.24, 2.45) is 0 Å². The fourth-order valence-electron chi connectivity index (χ4n) is 2.23. The Morgan fingerprint density at radius 3 is 2.50 bits per heavy atom. The Labute approximate surface area is 149 Å². The normalized spacial score (nSPS) is 11.7. The van der Waals surface area contributed by atoms with Crippen LogP contribution in [0, 0.1) is 12.7 Å². The zero-order chi connectivity index (χ0) is 19.1. The second kappa shape index (κ2) is 8.89. The van der Waals surface area contributed by atoms with E-state index in [-0.39, 0.29) is 30.3 Å². The van der Waals surface area contributed by atoms with Crippen LogP contribution in [0.4, 0.5) is 10.2 Å². The third-order valence-electron chi connectivity index (χ3n) is 3.62. The summed E-state index contributed by atoms with van der Waals surface area (Å²) >= 11 is 0. The lowest BCUT2D eigenvalue weighted by molar-refractivity contribution is -0.126. The summed E-state index contributed by atoms with van der Waals surface area (Å²) < 4.78 is 17.7. The maximum Gasteiger partial charge on any atom is 0.247 e. The molecule has 0 saturated carbocycles. The van der Waals surface area contributed by atoms with Gasteiger partial charge < -0.3 is 15.2 Å². The second-order valence-electron chi connectivity index (χ2n) is 5.88. The first kappa shape index (κ1) is 19.3. The Kier molecular flexibility index (Phi) is 6.60. The topological polar surface area (TPSA) is 101 Å². The van der Waals surface area contributed by atoms with Gasteiger partial charge in [0, 0.05) is 24.5 Å². The highest BCUT2D eigenvalue weighted by Crippen LogP contribution is 2.09. The smallest absolute Gasteiger partial charge is 0.247 e. The summed E-state index contributed by atoms with van der Waals surface area (Å²) in [6, 6.07) is 6.07. The maximum absolute atomic E-state index is 12.8. The number of aryl methyl sites for hydroxylation is 1. The Morgan fingerprint density at radius 1 is 1.19 bits per heavy atom. The summed E-state index contributed by atoms with van der Waals surface area (Å²) in [6.45, 7) is 3.24. The highest BCUT2D eigenvalue weighted by molar-refractivity contribution is 5.97. The molecule has 0 spiro atoms. The molecule has 0 aliphatic carbocycles. The first-order chi connectivity index (χ1) is 12.3. The minimum absolute atomic E-state index is 0.105. The Balaban J connectivity index is 1.71. The SMILES string of the molecule is Cc1cc(NC(=O)[C@@H](C)NC(=O)CCCC(=O)c2ccc(F)cc2)no1. The molecule has 138 valence electrons. The van der Waals surface area contributed by atoms with E-state index >= 15 is 0 Å². The van der Waals surface area contributed by atoms with E-state index in [0.29, 0.717) is 17.7 Å². The number of Topliss-reactive ketones (excluding diaryl/α,β-unsaturated/α-hetero) is 1. The number of anilines is 1. The maximum atomic E-state index is 12.8. The minimum Gasteiger partial charge on any atom is -0.360 e. The third-order valence-corrected chi connectivity index (χ3v) is 3.62. The van der Waals surface area contributed by atoms with Gasteiger partial charge in [0.1, 0.15) is 17.6 Å². The van der Waals surface area contributed by atoms with Gasteiger partial charge in [0.25, 0.3) is 0 Å². The molecule has 0 fully saturated rings. The van der Waals surface area contributed by atoms with E-state index in [1.807, 2.05) is 0 Å². The fourth-order valence-corrected chi connectivity index (χ4v) is 2.23. The van der Waals surface area contributed by atoms with E-state index < -0.39 is 17.8 Å².